The van der Waals surface area contributed by atoms with Crippen LogP contribution in [0.25, 0.3) is 0 Å². The first-order valence-electron chi connectivity index (χ1n) is 7.26. The summed E-state index contributed by atoms with van der Waals surface area (Å²) >= 11 is 6.50. The van der Waals surface area contributed by atoms with Crippen LogP contribution in [0.2, 0.25) is 0 Å². The molecule has 2 atom stereocenters. The molecule has 0 saturated carbocycles. The van der Waals surface area contributed by atoms with Crippen LogP contribution in [0.5, 0.6) is 0 Å². The molecule has 1 rings (SSSR count). The van der Waals surface area contributed by atoms with Crippen molar-refractivity contribution in [3.05, 3.63) is 27.1 Å². The maximum absolute atomic E-state index is 10.6. The van der Waals surface area contributed by atoms with E-state index in [9.17, 15) is 10.1 Å². The van der Waals surface area contributed by atoms with Crippen LogP contribution < -0.4 is 5.43 Å². The van der Waals surface area contributed by atoms with Crippen molar-refractivity contribution in [1.29, 1.82) is 0 Å². The number of hydrogen-bond donors (Lipinski definition) is 1. The lowest BCUT2D eigenvalue weighted by molar-refractivity contribution is -0.380. The average Bonchev–Trinajstić information content (AvgIpc) is 2.96. The molecule has 6 nitrogen and oxygen atoms in total. The predicted molar refractivity (Wildman–Crippen MR) is 95.6 cm³/mol. The van der Waals surface area contributed by atoms with Crippen molar-refractivity contribution in [2.24, 2.45) is 5.10 Å². The van der Waals surface area contributed by atoms with E-state index in [4.69, 9.17) is 12.2 Å². The van der Waals surface area contributed by atoms with E-state index in [1.165, 1.54) is 6.07 Å². The zero-order valence-corrected chi connectivity index (χ0v) is 14.9. The molecule has 8 heteroatoms. The molecule has 0 saturated heterocycles. The van der Waals surface area contributed by atoms with Crippen molar-refractivity contribution in [2.45, 2.75) is 52.6 Å². The van der Waals surface area contributed by atoms with Crippen LogP contribution in [-0.2, 0) is 0 Å². The molecule has 122 valence electrons. The molecule has 1 N–H and O–H groups in total. The summed E-state index contributed by atoms with van der Waals surface area (Å²) in [5, 5.41) is 15.4. The van der Waals surface area contributed by atoms with Gasteiger partial charge in [-0.1, -0.05) is 25.2 Å². The van der Waals surface area contributed by atoms with Crippen molar-refractivity contribution in [3.8, 4) is 0 Å². The molecule has 1 aromatic rings. The monoisotopic (exact) mass is 342 g/mol. The highest BCUT2D eigenvalue weighted by atomic mass is 32.1. The molecule has 0 fully saturated rings. The van der Waals surface area contributed by atoms with Gasteiger partial charge in [-0.05, 0) is 45.0 Å². The molecule has 0 amide bonds. The van der Waals surface area contributed by atoms with Crippen molar-refractivity contribution in [2.75, 3.05) is 0 Å². The first kappa shape index (κ1) is 18.5. The zero-order valence-electron chi connectivity index (χ0n) is 13.3. The molecule has 1 aromatic heterocycles. The lowest BCUT2D eigenvalue weighted by Gasteiger charge is -2.35. The summed E-state index contributed by atoms with van der Waals surface area (Å²) in [5.41, 5.74) is 2.86. The summed E-state index contributed by atoms with van der Waals surface area (Å²) in [6, 6.07) is 3.79. The number of hydrazone groups is 1. The van der Waals surface area contributed by atoms with E-state index in [1.807, 2.05) is 0 Å². The Hall–Kier alpha value is -1.54. The van der Waals surface area contributed by atoms with Gasteiger partial charge in [0.25, 0.3) is 0 Å². The van der Waals surface area contributed by atoms with E-state index in [-0.39, 0.29) is 5.00 Å². The van der Waals surface area contributed by atoms with Crippen LogP contribution in [0.15, 0.2) is 17.2 Å². The Morgan fingerprint density at radius 3 is 2.50 bits per heavy atom. The maximum Gasteiger partial charge on any atom is 0.324 e. The molecule has 0 aliphatic heterocycles. The first-order valence-corrected chi connectivity index (χ1v) is 8.48. The SMILES string of the molecule is CCC(C)N(C(=S)N/N=C/c1ccc([N+](=O)[O-])s1)C(C)CC. The van der Waals surface area contributed by atoms with E-state index in [1.54, 1.807) is 12.3 Å². The van der Waals surface area contributed by atoms with E-state index in [0.717, 1.165) is 24.2 Å². The number of thiophene rings is 1. The number of hydrogen-bond acceptors (Lipinski definition) is 5. The molecule has 0 spiro atoms. The van der Waals surface area contributed by atoms with Gasteiger partial charge in [-0.15, -0.1) is 0 Å². The summed E-state index contributed by atoms with van der Waals surface area (Å²) in [6.45, 7) is 8.51. The van der Waals surface area contributed by atoms with Crippen LogP contribution in [0, 0.1) is 10.1 Å². The van der Waals surface area contributed by atoms with E-state index in [2.05, 4.69) is 43.1 Å². The second-order valence-corrected chi connectivity index (χ2v) is 6.51. The van der Waals surface area contributed by atoms with Gasteiger partial charge in [0, 0.05) is 18.2 Å². The Morgan fingerprint density at radius 1 is 1.45 bits per heavy atom. The third-order valence-electron chi connectivity index (χ3n) is 3.51. The summed E-state index contributed by atoms with van der Waals surface area (Å²) in [4.78, 5) is 13.1. The van der Waals surface area contributed by atoms with Gasteiger partial charge in [-0.3, -0.25) is 15.5 Å². The van der Waals surface area contributed by atoms with E-state index < -0.39 is 4.92 Å². The van der Waals surface area contributed by atoms with Gasteiger partial charge in [-0.2, -0.15) is 5.10 Å². The number of nitrogens with zero attached hydrogens (tertiary/aromatic N) is 3. The Bertz CT molecular complexity index is 535. The number of nitrogens with one attached hydrogen (secondary N) is 1. The highest BCUT2D eigenvalue weighted by molar-refractivity contribution is 7.80. The third kappa shape index (κ3) is 5.03. The number of thiocarbonyl (C=S) groups is 1. The van der Waals surface area contributed by atoms with Crippen LogP contribution in [-0.4, -0.2) is 33.2 Å². The molecule has 2 unspecified atom stereocenters. The van der Waals surface area contributed by atoms with Crippen molar-refractivity contribution in [3.63, 3.8) is 0 Å². The standard InChI is InChI=1S/C14H22N4O2S2/c1-5-10(3)17(11(4)6-2)14(21)16-15-9-12-7-8-13(22-12)18(19)20/h7-11H,5-6H2,1-4H3,(H,16,21)/b15-9+. The summed E-state index contributed by atoms with van der Waals surface area (Å²) < 4.78 is 0. The smallest absolute Gasteiger partial charge is 0.324 e. The molecule has 0 aliphatic rings. The normalized spacial score (nSPS) is 13.8. The Kier molecular flexibility index (Phi) is 7.40. The van der Waals surface area contributed by atoms with E-state index in [0.29, 0.717) is 22.1 Å². The summed E-state index contributed by atoms with van der Waals surface area (Å²) in [7, 11) is 0. The van der Waals surface area contributed by atoms with Gasteiger partial charge in [0.1, 0.15) is 0 Å². The Labute approximate surface area is 140 Å². The second-order valence-electron chi connectivity index (χ2n) is 5.03. The molecule has 0 aliphatic carbocycles. The lowest BCUT2D eigenvalue weighted by Crippen LogP contribution is -2.48. The average molecular weight is 342 g/mol. The second kappa shape index (κ2) is 8.79. The number of rotatable bonds is 7. The highest BCUT2D eigenvalue weighted by Crippen LogP contribution is 2.22. The summed E-state index contributed by atoms with van der Waals surface area (Å²) in [6.07, 6.45) is 3.54. The van der Waals surface area contributed by atoms with Crippen LogP contribution in [0.1, 0.15) is 45.4 Å². The fraction of sp³-hybridized carbons (Fsp3) is 0.571. The topological polar surface area (TPSA) is 70.8 Å². The van der Waals surface area contributed by atoms with Gasteiger partial charge in [0.05, 0.1) is 16.0 Å². The molecule has 22 heavy (non-hydrogen) atoms. The van der Waals surface area contributed by atoms with Crippen LogP contribution in [0.4, 0.5) is 5.00 Å². The van der Waals surface area contributed by atoms with E-state index >= 15 is 0 Å². The third-order valence-corrected chi connectivity index (χ3v) is 4.78. The quantitative estimate of drug-likeness (QED) is 0.353. The minimum atomic E-state index is -0.409. The minimum absolute atomic E-state index is 0.102. The number of nitro groups is 1. The largest absolute Gasteiger partial charge is 0.342 e. The molecule has 1 heterocycles. The molecular weight excluding hydrogens is 320 g/mol. The van der Waals surface area contributed by atoms with Gasteiger partial charge in [0.15, 0.2) is 5.11 Å². The minimum Gasteiger partial charge on any atom is -0.342 e. The maximum atomic E-state index is 10.6. The fourth-order valence-corrected chi connectivity index (χ4v) is 3.05. The van der Waals surface area contributed by atoms with Crippen molar-refractivity contribution in [1.82, 2.24) is 10.3 Å². The zero-order chi connectivity index (χ0) is 16.7. The van der Waals surface area contributed by atoms with Crippen molar-refractivity contribution >= 4 is 39.9 Å². The van der Waals surface area contributed by atoms with Crippen LogP contribution >= 0.6 is 23.6 Å². The highest BCUT2D eigenvalue weighted by Gasteiger charge is 2.20. The Balaban J connectivity index is 2.69. The van der Waals surface area contributed by atoms with Crippen LogP contribution in [0.3, 0.4) is 0 Å². The Morgan fingerprint density at radius 2 is 2.05 bits per heavy atom. The lowest BCUT2D eigenvalue weighted by atomic mass is 10.1. The van der Waals surface area contributed by atoms with Gasteiger partial charge in [-0.25, -0.2) is 0 Å². The fourth-order valence-electron chi connectivity index (χ4n) is 1.95. The molecule has 0 aromatic carbocycles. The van der Waals surface area contributed by atoms with Gasteiger partial charge < -0.3 is 4.90 Å². The summed E-state index contributed by atoms with van der Waals surface area (Å²) in [5.74, 6) is 0. The molecule has 0 bridgehead atoms. The van der Waals surface area contributed by atoms with Gasteiger partial charge in [0.2, 0.25) is 0 Å². The molecular formula is C14H22N4O2S2. The first-order chi connectivity index (χ1) is 10.4. The van der Waals surface area contributed by atoms with Gasteiger partial charge >= 0.3 is 5.00 Å². The molecule has 0 radical (unpaired) electrons. The predicted octanol–water partition coefficient (Wildman–Crippen LogP) is 3.76. The van der Waals surface area contributed by atoms with Crippen molar-refractivity contribution < 1.29 is 4.92 Å².